The van der Waals surface area contributed by atoms with E-state index in [1.807, 2.05) is 18.3 Å². The summed E-state index contributed by atoms with van der Waals surface area (Å²) in [7, 11) is -3.25. The lowest BCUT2D eigenvalue weighted by molar-refractivity contribution is 0.0357. The number of aromatic nitrogens is 2. The van der Waals surface area contributed by atoms with E-state index < -0.39 is 16.1 Å². The molecular weight excluding hydrogens is 326 g/mol. The SMILES string of the molecule is CCS(=O)(=O)N1CC[C@H](O)[C@@H]([C@H]2c3ccccc3-c3cncn32)C1. The van der Waals surface area contributed by atoms with Gasteiger partial charge in [-0.1, -0.05) is 24.3 Å². The molecule has 0 amide bonds. The van der Waals surface area contributed by atoms with Crippen LogP contribution in [-0.4, -0.2) is 52.3 Å². The quantitative estimate of drug-likeness (QED) is 0.913. The van der Waals surface area contributed by atoms with Crippen molar-refractivity contribution in [2.24, 2.45) is 5.92 Å². The minimum atomic E-state index is -3.25. The molecule has 128 valence electrons. The lowest BCUT2D eigenvalue weighted by Crippen LogP contribution is -2.49. The molecule has 0 saturated carbocycles. The minimum Gasteiger partial charge on any atom is -0.393 e. The van der Waals surface area contributed by atoms with Crippen LogP contribution in [0.1, 0.15) is 24.9 Å². The Balaban J connectivity index is 1.75. The van der Waals surface area contributed by atoms with Crippen LogP contribution in [0.5, 0.6) is 0 Å². The van der Waals surface area contributed by atoms with Crippen LogP contribution in [0.3, 0.4) is 0 Å². The first-order chi connectivity index (χ1) is 11.5. The number of sulfonamides is 1. The highest BCUT2D eigenvalue weighted by Crippen LogP contribution is 2.45. The van der Waals surface area contributed by atoms with E-state index in [1.165, 1.54) is 4.31 Å². The molecule has 1 saturated heterocycles. The Hall–Kier alpha value is -1.70. The van der Waals surface area contributed by atoms with Crippen LogP contribution in [0.15, 0.2) is 36.8 Å². The molecule has 0 aliphatic carbocycles. The van der Waals surface area contributed by atoms with Crippen LogP contribution in [-0.2, 0) is 10.0 Å². The Labute approximate surface area is 141 Å². The van der Waals surface area contributed by atoms with Gasteiger partial charge in [0.1, 0.15) is 0 Å². The third kappa shape index (κ3) is 2.30. The molecule has 2 aliphatic heterocycles. The highest BCUT2D eigenvalue weighted by Gasteiger charge is 2.42. The maximum Gasteiger partial charge on any atom is 0.213 e. The van der Waals surface area contributed by atoms with Crippen molar-refractivity contribution in [3.8, 4) is 11.3 Å². The fourth-order valence-electron chi connectivity index (χ4n) is 3.99. The first-order valence-corrected chi connectivity index (χ1v) is 9.91. The van der Waals surface area contributed by atoms with Gasteiger partial charge in [0.05, 0.1) is 36.1 Å². The smallest absolute Gasteiger partial charge is 0.213 e. The van der Waals surface area contributed by atoms with Crippen LogP contribution in [0, 0.1) is 5.92 Å². The second-order valence-electron chi connectivity index (χ2n) is 6.50. The number of hydrogen-bond donors (Lipinski definition) is 1. The molecule has 1 fully saturated rings. The van der Waals surface area contributed by atoms with Gasteiger partial charge in [0.2, 0.25) is 10.0 Å². The van der Waals surface area contributed by atoms with Crippen LogP contribution < -0.4 is 0 Å². The molecule has 0 spiro atoms. The van der Waals surface area contributed by atoms with Crippen molar-refractivity contribution < 1.29 is 13.5 Å². The first-order valence-electron chi connectivity index (χ1n) is 8.30. The van der Waals surface area contributed by atoms with Gasteiger partial charge in [0.15, 0.2) is 0 Å². The molecule has 2 aromatic rings. The summed E-state index contributed by atoms with van der Waals surface area (Å²) >= 11 is 0. The lowest BCUT2D eigenvalue weighted by atomic mass is 9.85. The van der Waals surface area contributed by atoms with Gasteiger partial charge in [-0.25, -0.2) is 17.7 Å². The van der Waals surface area contributed by atoms with Crippen LogP contribution in [0.4, 0.5) is 0 Å². The second-order valence-corrected chi connectivity index (χ2v) is 8.75. The molecule has 24 heavy (non-hydrogen) atoms. The van der Waals surface area contributed by atoms with E-state index in [0.717, 1.165) is 16.8 Å². The summed E-state index contributed by atoms with van der Waals surface area (Å²) in [6.45, 7) is 2.39. The molecule has 0 unspecified atom stereocenters. The minimum absolute atomic E-state index is 0.0800. The number of rotatable bonds is 3. The van der Waals surface area contributed by atoms with Crippen molar-refractivity contribution in [1.29, 1.82) is 0 Å². The van der Waals surface area contributed by atoms with Crippen molar-refractivity contribution in [3.05, 3.63) is 42.4 Å². The number of aliphatic hydroxyl groups is 1. The molecule has 0 radical (unpaired) electrons. The summed E-state index contributed by atoms with van der Waals surface area (Å²) in [5.41, 5.74) is 3.27. The molecule has 1 aromatic carbocycles. The van der Waals surface area contributed by atoms with Crippen molar-refractivity contribution >= 4 is 10.0 Å². The number of aliphatic hydroxyl groups excluding tert-OH is 1. The summed E-state index contributed by atoms with van der Waals surface area (Å²) < 4.78 is 28.2. The predicted molar refractivity (Wildman–Crippen MR) is 90.9 cm³/mol. The van der Waals surface area contributed by atoms with Crippen molar-refractivity contribution in [3.63, 3.8) is 0 Å². The molecule has 3 atom stereocenters. The third-order valence-electron chi connectivity index (χ3n) is 5.27. The zero-order valence-electron chi connectivity index (χ0n) is 13.5. The molecular formula is C17H21N3O3S. The number of nitrogens with zero attached hydrogens (tertiary/aromatic N) is 3. The lowest BCUT2D eigenvalue weighted by Gasteiger charge is -2.39. The molecule has 2 aliphatic rings. The average molecular weight is 347 g/mol. The van der Waals surface area contributed by atoms with E-state index in [9.17, 15) is 13.5 Å². The van der Waals surface area contributed by atoms with Crippen LogP contribution in [0.2, 0.25) is 0 Å². The Morgan fingerprint density at radius 3 is 2.92 bits per heavy atom. The number of fused-ring (bicyclic) bond motifs is 3. The third-order valence-corrected chi connectivity index (χ3v) is 7.12. The zero-order chi connectivity index (χ0) is 16.9. The van der Waals surface area contributed by atoms with Gasteiger partial charge in [-0.3, -0.25) is 0 Å². The van der Waals surface area contributed by atoms with E-state index in [1.54, 1.807) is 13.3 Å². The molecule has 3 heterocycles. The van der Waals surface area contributed by atoms with Gasteiger partial charge in [-0.05, 0) is 18.9 Å². The Morgan fingerprint density at radius 2 is 2.12 bits per heavy atom. The maximum atomic E-state index is 12.3. The molecule has 1 N–H and O–H groups in total. The van der Waals surface area contributed by atoms with E-state index in [0.29, 0.717) is 19.5 Å². The normalized spacial score (nSPS) is 27.0. The van der Waals surface area contributed by atoms with Crippen LogP contribution in [0.25, 0.3) is 11.3 Å². The van der Waals surface area contributed by atoms with Crippen LogP contribution >= 0.6 is 0 Å². The highest BCUT2D eigenvalue weighted by molar-refractivity contribution is 7.89. The summed E-state index contributed by atoms with van der Waals surface area (Å²) in [5, 5.41) is 10.6. The van der Waals surface area contributed by atoms with E-state index in [-0.39, 0.29) is 17.7 Å². The second kappa shape index (κ2) is 5.68. The standard InChI is InChI=1S/C17H21N3O3S/c1-2-24(22,23)19-8-7-16(21)14(10-19)17-13-6-4-3-5-12(13)15-9-18-11-20(15)17/h3-6,9,11,14,16-17,21H,2,7-8,10H2,1H3/t14-,16-,17+/m0/s1. The number of piperidine rings is 1. The fraction of sp³-hybridized carbons (Fsp3) is 0.471. The Morgan fingerprint density at radius 1 is 1.33 bits per heavy atom. The van der Waals surface area contributed by atoms with E-state index >= 15 is 0 Å². The Bertz CT molecular complexity index is 861. The van der Waals surface area contributed by atoms with Gasteiger partial charge in [0.25, 0.3) is 0 Å². The number of benzene rings is 1. The number of hydrogen-bond acceptors (Lipinski definition) is 4. The fourth-order valence-corrected chi connectivity index (χ4v) is 5.14. The zero-order valence-corrected chi connectivity index (χ0v) is 14.4. The van der Waals surface area contributed by atoms with Gasteiger partial charge < -0.3 is 9.67 Å². The average Bonchev–Trinajstić information content (AvgIpc) is 3.16. The van der Waals surface area contributed by atoms with Gasteiger partial charge in [-0.2, -0.15) is 0 Å². The van der Waals surface area contributed by atoms with E-state index in [2.05, 4.69) is 21.7 Å². The summed E-state index contributed by atoms with van der Waals surface area (Å²) in [4.78, 5) is 4.25. The van der Waals surface area contributed by atoms with Gasteiger partial charge in [0, 0.05) is 24.6 Å². The first kappa shape index (κ1) is 15.8. The topological polar surface area (TPSA) is 75.4 Å². The van der Waals surface area contributed by atoms with Crippen molar-refractivity contribution in [1.82, 2.24) is 13.9 Å². The van der Waals surface area contributed by atoms with Crippen molar-refractivity contribution in [2.75, 3.05) is 18.8 Å². The van der Waals surface area contributed by atoms with Gasteiger partial charge in [-0.15, -0.1) is 0 Å². The largest absolute Gasteiger partial charge is 0.393 e. The van der Waals surface area contributed by atoms with Crippen molar-refractivity contribution in [2.45, 2.75) is 25.5 Å². The summed E-state index contributed by atoms with van der Waals surface area (Å²) in [6.07, 6.45) is 3.54. The summed E-state index contributed by atoms with van der Waals surface area (Å²) in [6, 6.07) is 8.01. The summed E-state index contributed by atoms with van der Waals surface area (Å²) in [5.74, 6) is -0.0930. The predicted octanol–water partition coefficient (Wildman–Crippen LogP) is 1.49. The molecule has 1 aromatic heterocycles. The maximum absolute atomic E-state index is 12.3. The molecule has 6 nitrogen and oxygen atoms in total. The van der Waals surface area contributed by atoms with E-state index in [4.69, 9.17) is 0 Å². The number of imidazole rings is 1. The monoisotopic (exact) mass is 347 g/mol. The highest BCUT2D eigenvalue weighted by atomic mass is 32.2. The Kier molecular flexibility index (Phi) is 3.74. The molecule has 7 heteroatoms. The molecule has 0 bridgehead atoms. The molecule has 4 rings (SSSR count). The van der Waals surface area contributed by atoms with Gasteiger partial charge >= 0.3 is 0 Å².